The van der Waals surface area contributed by atoms with E-state index in [1.807, 2.05) is 0 Å². The van der Waals surface area contributed by atoms with Gasteiger partial charge in [-0.2, -0.15) is 0 Å². The normalized spacial score (nSPS) is 33.1. The zero-order valence-electron chi connectivity index (χ0n) is 22.9. The third-order valence-electron chi connectivity index (χ3n) is 10.0. The number of fused-ring (bicyclic) bond motifs is 5. The summed E-state index contributed by atoms with van der Waals surface area (Å²) in [6, 6.07) is 7.69. The van der Waals surface area contributed by atoms with Crippen molar-refractivity contribution >= 4 is 5.91 Å². The smallest absolute Gasteiger partial charge is 0.228 e. The number of ether oxygens (including phenoxy) is 1. The lowest BCUT2D eigenvalue weighted by Gasteiger charge is -2.59. The van der Waals surface area contributed by atoms with Crippen LogP contribution in [0.1, 0.15) is 103 Å². The first-order valence-corrected chi connectivity index (χ1v) is 14.5. The van der Waals surface area contributed by atoms with E-state index in [1.54, 1.807) is 5.56 Å². The molecule has 35 heavy (non-hydrogen) atoms. The maximum absolute atomic E-state index is 13.4. The first kappa shape index (κ1) is 25.1. The third-order valence-corrected chi connectivity index (χ3v) is 10.0. The Bertz CT molecular complexity index is 921. The zero-order chi connectivity index (χ0) is 24.8. The number of likely N-dealkylation sites (tertiary alicyclic amines) is 2. The van der Waals surface area contributed by atoms with Gasteiger partial charge in [0, 0.05) is 30.1 Å². The van der Waals surface area contributed by atoms with Gasteiger partial charge in [0.05, 0.1) is 6.61 Å². The van der Waals surface area contributed by atoms with Crippen molar-refractivity contribution in [2.45, 2.75) is 110 Å². The summed E-state index contributed by atoms with van der Waals surface area (Å²) in [5.74, 6) is 3.37. The standard InChI is InChI=1S/C31H48N2O2/c1-22-9-6-17-32(22)18-8-20-35-24-12-14-25-23(21-24)11-13-27-26(25)15-16-31(5)28(27)10-7-19-33(31)29(34)30(2,3)4/h12,14,21-22,26-28H,6-11,13,15-20H2,1-5H3/t22-,26-,27-,28+,31+/m1/s1. The molecule has 4 aliphatic rings. The highest BCUT2D eigenvalue weighted by Crippen LogP contribution is 2.56. The Kier molecular flexibility index (Phi) is 6.98. The van der Waals surface area contributed by atoms with E-state index in [1.165, 1.54) is 44.2 Å². The Morgan fingerprint density at radius 2 is 1.91 bits per heavy atom. The molecule has 1 aromatic carbocycles. The number of rotatable bonds is 5. The Morgan fingerprint density at radius 3 is 2.66 bits per heavy atom. The molecule has 5 rings (SSSR count). The highest BCUT2D eigenvalue weighted by atomic mass is 16.5. The Balaban J connectivity index is 1.24. The molecule has 1 amide bonds. The Labute approximate surface area is 213 Å². The molecule has 5 atom stereocenters. The summed E-state index contributed by atoms with van der Waals surface area (Å²) in [4.78, 5) is 18.3. The molecule has 0 radical (unpaired) electrons. The number of benzene rings is 1. The first-order chi connectivity index (χ1) is 16.7. The van der Waals surface area contributed by atoms with Crippen molar-refractivity contribution in [1.29, 1.82) is 0 Å². The maximum Gasteiger partial charge on any atom is 0.228 e. The van der Waals surface area contributed by atoms with Gasteiger partial charge in [0.25, 0.3) is 0 Å². The van der Waals surface area contributed by atoms with Crippen molar-refractivity contribution in [1.82, 2.24) is 9.80 Å². The molecule has 2 saturated heterocycles. The molecule has 0 spiro atoms. The lowest BCUT2D eigenvalue weighted by Crippen LogP contribution is -2.63. The van der Waals surface area contributed by atoms with Crippen LogP contribution in [0.25, 0.3) is 0 Å². The number of hydrogen-bond donors (Lipinski definition) is 0. The van der Waals surface area contributed by atoms with E-state index in [-0.39, 0.29) is 11.0 Å². The van der Waals surface area contributed by atoms with Crippen molar-refractivity contribution in [3.05, 3.63) is 29.3 Å². The number of hydrogen-bond acceptors (Lipinski definition) is 3. The van der Waals surface area contributed by atoms with Gasteiger partial charge in [0.2, 0.25) is 5.91 Å². The third kappa shape index (κ3) is 4.77. The number of carbonyl (C=O) groups is 1. The second-order valence-electron chi connectivity index (χ2n) is 13.3. The molecule has 4 heteroatoms. The predicted molar refractivity (Wildman–Crippen MR) is 143 cm³/mol. The second-order valence-corrected chi connectivity index (χ2v) is 13.3. The zero-order valence-corrected chi connectivity index (χ0v) is 22.9. The minimum absolute atomic E-state index is 0.0250. The molecule has 1 saturated carbocycles. The van der Waals surface area contributed by atoms with Gasteiger partial charge in [-0.05, 0) is 119 Å². The number of amides is 1. The fourth-order valence-corrected chi connectivity index (χ4v) is 8.06. The number of nitrogens with zero attached hydrogens (tertiary/aromatic N) is 2. The monoisotopic (exact) mass is 480 g/mol. The quantitative estimate of drug-likeness (QED) is 0.456. The molecule has 3 fully saturated rings. The fourth-order valence-electron chi connectivity index (χ4n) is 8.06. The predicted octanol–water partition coefficient (Wildman–Crippen LogP) is 6.42. The van der Waals surface area contributed by atoms with Gasteiger partial charge in [0.15, 0.2) is 0 Å². The van der Waals surface area contributed by atoms with E-state index in [0.29, 0.717) is 23.7 Å². The molecule has 4 nitrogen and oxygen atoms in total. The molecule has 2 heterocycles. The fraction of sp³-hybridized carbons (Fsp3) is 0.774. The van der Waals surface area contributed by atoms with Crippen LogP contribution in [-0.4, -0.2) is 53.5 Å². The van der Waals surface area contributed by atoms with Gasteiger partial charge in [-0.15, -0.1) is 0 Å². The number of carbonyl (C=O) groups excluding carboxylic acids is 1. The Hall–Kier alpha value is -1.55. The van der Waals surface area contributed by atoms with E-state index in [0.717, 1.165) is 57.2 Å². The lowest BCUT2D eigenvalue weighted by molar-refractivity contribution is -0.157. The van der Waals surface area contributed by atoms with Crippen LogP contribution in [0.2, 0.25) is 0 Å². The van der Waals surface area contributed by atoms with Crippen LogP contribution < -0.4 is 4.74 Å². The van der Waals surface area contributed by atoms with Crippen LogP contribution in [0.5, 0.6) is 5.75 Å². The second kappa shape index (κ2) is 9.72. The summed E-state index contributed by atoms with van der Waals surface area (Å²) >= 11 is 0. The molecule has 194 valence electrons. The van der Waals surface area contributed by atoms with Gasteiger partial charge in [-0.1, -0.05) is 26.8 Å². The molecule has 0 N–H and O–H groups in total. The molecule has 2 aliphatic carbocycles. The van der Waals surface area contributed by atoms with Crippen molar-refractivity contribution in [2.24, 2.45) is 17.3 Å². The summed E-state index contributed by atoms with van der Waals surface area (Å²) in [5.41, 5.74) is 2.81. The molecule has 0 unspecified atom stereocenters. The minimum Gasteiger partial charge on any atom is -0.494 e. The summed E-state index contributed by atoms with van der Waals surface area (Å²) in [7, 11) is 0. The average molecular weight is 481 g/mol. The average Bonchev–Trinajstić information content (AvgIpc) is 3.24. The van der Waals surface area contributed by atoms with Gasteiger partial charge >= 0.3 is 0 Å². The summed E-state index contributed by atoms with van der Waals surface area (Å²) < 4.78 is 6.21. The molecule has 1 aromatic rings. The molecular formula is C31H48N2O2. The van der Waals surface area contributed by atoms with Crippen molar-refractivity contribution in [2.75, 3.05) is 26.2 Å². The molecule has 2 aliphatic heterocycles. The molecule has 0 bridgehead atoms. The maximum atomic E-state index is 13.4. The molecule has 0 aromatic heterocycles. The highest BCUT2D eigenvalue weighted by Gasteiger charge is 2.54. The SMILES string of the molecule is C[C@@H]1CCCN1CCCOc1ccc2c(c1)CC[C@@H]1[C@@H]2CC[C@@]2(C)[C@H]1CCCN2C(=O)C(C)(C)C. The van der Waals surface area contributed by atoms with Crippen LogP contribution in [0.4, 0.5) is 0 Å². The van der Waals surface area contributed by atoms with Crippen LogP contribution in [-0.2, 0) is 11.2 Å². The van der Waals surface area contributed by atoms with E-state index < -0.39 is 0 Å². The van der Waals surface area contributed by atoms with Crippen LogP contribution in [0.15, 0.2) is 18.2 Å². The van der Waals surface area contributed by atoms with Gasteiger partial charge in [0.1, 0.15) is 5.75 Å². The van der Waals surface area contributed by atoms with E-state index in [2.05, 4.69) is 62.6 Å². The lowest BCUT2D eigenvalue weighted by atomic mass is 9.55. The summed E-state index contributed by atoms with van der Waals surface area (Å²) in [5, 5.41) is 0. The molecular weight excluding hydrogens is 432 g/mol. The van der Waals surface area contributed by atoms with Crippen LogP contribution in [0.3, 0.4) is 0 Å². The summed E-state index contributed by atoms with van der Waals surface area (Å²) in [6.45, 7) is 15.2. The topological polar surface area (TPSA) is 32.8 Å². The summed E-state index contributed by atoms with van der Waals surface area (Å²) in [6.07, 6.45) is 11.0. The van der Waals surface area contributed by atoms with E-state index in [9.17, 15) is 4.79 Å². The first-order valence-electron chi connectivity index (χ1n) is 14.5. The Morgan fingerprint density at radius 1 is 1.11 bits per heavy atom. The van der Waals surface area contributed by atoms with Crippen molar-refractivity contribution in [3.8, 4) is 5.75 Å². The number of aryl methyl sites for hydroxylation is 1. The van der Waals surface area contributed by atoms with Gasteiger partial charge in [-0.3, -0.25) is 4.79 Å². The number of piperidine rings is 1. The van der Waals surface area contributed by atoms with Crippen LogP contribution in [0, 0.1) is 17.3 Å². The van der Waals surface area contributed by atoms with E-state index in [4.69, 9.17) is 4.74 Å². The minimum atomic E-state index is -0.302. The van der Waals surface area contributed by atoms with Gasteiger partial charge in [-0.25, -0.2) is 0 Å². The highest BCUT2D eigenvalue weighted by molar-refractivity contribution is 5.82. The van der Waals surface area contributed by atoms with E-state index >= 15 is 0 Å². The van der Waals surface area contributed by atoms with Crippen molar-refractivity contribution in [3.63, 3.8) is 0 Å². The van der Waals surface area contributed by atoms with Gasteiger partial charge < -0.3 is 14.5 Å². The van der Waals surface area contributed by atoms with Crippen LogP contribution >= 0.6 is 0 Å². The largest absolute Gasteiger partial charge is 0.494 e. The van der Waals surface area contributed by atoms with Crippen molar-refractivity contribution < 1.29 is 9.53 Å².